The van der Waals surface area contributed by atoms with Crippen LogP contribution in [-0.2, 0) is 6.42 Å². The molecule has 0 atom stereocenters. The average molecular weight is 453 g/mol. The van der Waals surface area contributed by atoms with Crippen molar-refractivity contribution in [2.24, 2.45) is 11.8 Å². The smallest absolute Gasteiger partial charge is 0.0249 e. The number of rotatable bonds is 7. The van der Waals surface area contributed by atoms with E-state index < -0.39 is 0 Å². The molecule has 34 heavy (non-hydrogen) atoms. The maximum Gasteiger partial charge on any atom is 0.0249 e. The number of benzene rings is 2. The van der Waals surface area contributed by atoms with Crippen LogP contribution < -0.4 is 0 Å². The summed E-state index contributed by atoms with van der Waals surface area (Å²) >= 11 is 0. The number of unbranched alkanes of at least 4 members (excludes halogenated alkanes) is 1. The Morgan fingerprint density at radius 1 is 0.735 bits per heavy atom. The molecule has 0 spiro atoms. The zero-order chi connectivity index (χ0) is 23.6. The summed E-state index contributed by atoms with van der Waals surface area (Å²) < 4.78 is 0. The fraction of sp³-hybridized carbons (Fsp3) is 0.529. The molecule has 0 heterocycles. The van der Waals surface area contributed by atoms with Crippen molar-refractivity contribution >= 4 is 0 Å². The highest BCUT2D eigenvalue weighted by Gasteiger charge is 2.21. The first-order valence-electron chi connectivity index (χ1n) is 14.1. The van der Waals surface area contributed by atoms with Gasteiger partial charge < -0.3 is 0 Å². The Kier molecular flexibility index (Phi) is 9.50. The fourth-order valence-electron chi connectivity index (χ4n) is 6.03. The zero-order valence-corrected chi connectivity index (χ0v) is 21.6. The van der Waals surface area contributed by atoms with Crippen LogP contribution in [0.25, 0.3) is 0 Å². The van der Waals surface area contributed by atoms with Crippen LogP contribution in [0.15, 0.2) is 60.7 Å². The summed E-state index contributed by atoms with van der Waals surface area (Å²) in [5, 5.41) is 0. The number of hydrogen-bond acceptors (Lipinski definition) is 0. The van der Waals surface area contributed by atoms with Crippen molar-refractivity contribution in [3.63, 3.8) is 0 Å². The van der Waals surface area contributed by atoms with E-state index in [2.05, 4.69) is 86.4 Å². The molecule has 0 N–H and O–H groups in total. The fourth-order valence-corrected chi connectivity index (χ4v) is 6.03. The summed E-state index contributed by atoms with van der Waals surface area (Å²) in [6.45, 7) is 4.61. The summed E-state index contributed by atoms with van der Waals surface area (Å²) in [7, 11) is 0. The molecule has 0 aromatic heterocycles. The lowest BCUT2D eigenvalue weighted by atomic mass is 9.78. The van der Waals surface area contributed by atoms with Crippen LogP contribution in [0.5, 0.6) is 0 Å². The molecule has 180 valence electrons. The first kappa shape index (κ1) is 24.9. The van der Waals surface area contributed by atoms with E-state index in [0.29, 0.717) is 5.92 Å². The van der Waals surface area contributed by atoms with Crippen molar-refractivity contribution in [1.82, 2.24) is 0 Å². The maximum atomic E-state index is 3.35. The standard InChI is InChI=1S/C34H44/c1-3-5-8-28-13-21-33(22-14-28)34-25-17-30(18-26-34)10-7-6-9-29-15-23-32(24-16-29)31-19-11-27(4-2)12-20-31/h7,10,13-16,21-24,27,30-31,34H,3-5,8,11-12,17-20,25-26H2,1-2H3/b10-7+/t27-,30-,31-,34-. The van der Waals surface area contributed by atoms with Gasteiger partial charge in [-0.25, -0.2) is 0 Å². The van der Waals surface area contributed by atoms with Crippen LogP contribution in [0.2, 0.25) is 0 Å². The van der Waals surface area contributed by atoms with E-state index in [9.17, 15) is 0 Å². The van der Waals surface area contributed by atoms with Crippen LogP contribution in [0, 0.1) is 23.7 Å². The third kappa shape index (κ3) is 7.12. The lowest BCUT2D eigenvalue weighted by molar-refractivity contribution is 0.319. The Hall–Kier alpha value is -2.26. The Morgan fingerprint density at radius 3 is 1.91 bits per heavy atom. The van der Waals surface area contributed by atoms with Gasteiger partial charge in [0.15, 0.2) is 0 Å². The van der Waals surface area contributed by atoms with Gasteiger partial charge in [-0.1, -0.05) is 81.0 Å². The lowest BCUT2D eigenvalue weighted by Crippen LogP contribution is -2.12. The molecule has 0 radical (unpaired) electrons. The molecule has 2 saturated carbocycles. The number of hydrogen-bond donors (Lipinski definition) is 0. The van der Waals surface area contributed by atoms with Gasteiger partial charge in [0, 0.05) is 5.56 Å². The molecule has 2 fully saturated rings. The van der Waals surface area contributed by atoms with Crippen LogP contribution in [0.4, 0.5) is 0 Å². The molecule has 0 aliphatic heterocycles. The Morgan fingerprint density at radius 2 is 1.32 bits per heavy atom. The van der Waals surface area contributed by atoms with Gasteiger partial charge in [-0.3, -0.25) is 0 Å². The SMILES string of the molecule is CCCCc1ccc([C@H]2CC[C@H](/C=C/C#Cc3ccc([C@H]4CC[C@H](CC)CC4)cc3)CC2)cc1. The number of aryl methyl sites for hydroxylation is 1. The minimum Gasteiger partial charge on any atom is -0.0730 e. The van der Waals surface area contributed by atoms with Gasteiger partial charge in [-0.15, -0.1) is 0 Å². The Bertz CT molecular complexity index is 934. The third-order valence-corrected chi connectivity index (χ3v) is 8.52. The van der Waals surface area contributed by atoms with E-state index in [4.69, 9.17) is 0 Å². The van der Waals surface area contributed by atoms with Crippen molar-refractivity contribution in [3.8, 4) is 11.8 Å². The quantitative estimate of drug-likeness (QED) is 0.367. The molecule has 4 rings (SSSR count). The van der Waals surface area contributed by atoms with Crippen molar-refractivity contribution in [2.75, 3.05) is 0 Å². The van der Waals surface area contributed by atoms with Crippen LogP contribution in [-0.4, -0.2) is 0 Å². The summed E-state index contributed by atoms with van der Waals surface area (Å²) in [5.74, 6) is 9.80. The summed E-state index contributed by atoms with van der Waals surface area (Å²) in [4.78, 5) is 0. The van der Waals surface area contributed by atoms with E-state index in [1.54, 1.807) is 5.56 Å². The van der Waals surface area contributed by atoms with Gasteiger partial charge >= 0.3 is 0 Å². The molecule has 0 saturated heterocycles. The average Bonchev–Trinajstić information content (AvgIpc) is 2.91. The van der Waals surface area contributed by atoms with Crippen LogP contribution in [0.3, 0.4) is 0 Å². The number of allylic oxidation sites excluding steroid dienone is 2. The van der Waals surface area contributed by atoms with Gasteiger partial charge in [-0.05, 0) is 123 Å². The van der Waals surface area contributed by atoms with Crippen molar-refractivity contribution in [3.05, 3.63) is 82.9 Å². The predicted molar refractivity (Wildman–Crippen MR) is 147 cm³/mol. The largest absolute Gasteiger partial charge is 0.0730 e. The Balaban J connectivity index is 1.21. The second kappa shape index (κ2) is 13.0. The van der Waals surface area contributed by atoms with E-state index in [1.807, 2.05) is 0 Å². The normalized spacial score (nSPS) is 25.1. The van der Waals surface area contributed by atoms with Crippen LogP contribution >= 0.6 is 0 Å². The van der Waals surface area contributed by atoms with Crippen molar-refractivity contribution in [2.45, 2.75) is 103 Å². The topological polar surface area (TPSA) is 0 Å². The molecule has 2 aromatic rings. The van der Waals surface area contributed by atoms with E-state index in [-0.39, 0.29) is 0 Å². The van der Waals surface area contributed by atoms with E-state index in [0.717, 1.165) is 23.3 Å². The molecular weight excluding hydrogens is 408 g/mol. The highest BCUT2D eigenvalue weighted by molar-refractivity contribution is 5.39. The maximum absolute atomic E-state index is 3.35. The van der Waals surface area contributed by atoms with Gasteiger partial charge in [0.1, 0.15) is 0 Å². The molecule has 2 aliphatic rings. The second-order valence-corrected chi connectivity index (χ2v) is 10.8. The van der Waals surface area contributed by atoms with E-state index in [1.165, 1.54) is 88.2 Å². The highest BCUT2D eigenvalue weighted by atomic mass is 14.3. The van der Waals surface area contributed by atoms with Gasteiger partial charge in [-0.2, -0.15) is 0 Å². The first-order chi connectivity index (χ1) is 16.7. The Labute approximate surface area is 209 Å². The molecule has 0 unspecified atom stereocenters. The van der Waals surface area contributed by atoms with Crippen molar-refractivity contribution < 1.29 is 0 Å². The van der Waals surface area contributed by atoms with Gasteiger partial charge in [0.2, 0.25) is 0 Å². The zero-order valence-electron chi connectivity index (χ0n) is 21.6. The minimum atomic E-state index is 0.690. The predicted octanol–water partition coefficient (Wildman–Crippen LogP) is 9.59. The molecule has 0 amide bonds. The van der Waals surface area contributed by atoms with Gasteiger partial charge in [0.05, 0.1) is 0 Å². The molecule has 0 nitrogen and oxygen atoms in total. The van der Waals surface area contributed by atoms with Crippen molar-refractivity contribution in [1.29, 1.82) is 0 Å². The second-order valence-electron chi connectivity index (χ2n) is 10.8. The van der Waals surface area contributed by atoms with Gasteiger partial charge in [0.25, 0.3) is 0 Å². The van der Waals surface area contributed by atoms with Crippen LogP contribution in [0.1, 0.15) is 119 Å². The minimum absolute atomic E-state index is 0.690. The third-order valence-electron chi connectivity index (χ3n) is 8.52. The molecular formula is C34H44. The highest BCUT2D eigenvalue weighted by Crippen LogP contribution is 2.37. The lowest BCUT2D eigenvalue weighted by Gasteiger charge is -2.28. The summed E-state index contributed by atoms with van der Waals surface area (Å²) in [6.07, 6.45) is 20.3. The summed E-state index contributed by atoms with van der Waals surface area (Å²) in [5.41, 5.74) is 5.70. The monoisotopic (exact) mass is 452 g/mol. The summed E-state index contributed by atoms with van der Waals surface area (Å²) in [6, 6.07) is 18.6. The first-order valence-corrected chi connectivity index (χ1v) is 14.1. The molecule has 2 aromatic carbocycles. The van der Waals surface area contributed by atoms with E-state index >= 15 is 0 Å². The molecule has 0 heteroatoms. The molecule has 0 bridgehead atoms. The molecule has 2 aliphatic carbocycles.